The number of anilines is 2. The topological polar surface area (TPSA) is 83.4 Å². The number of hydrogen-bond acceptors (Lipinski definition) is 4. The third-order valence-corrected chi connectivity index (χ3v) is 6.85. The van der Waals surface area contributed by atoms with Crippen molar-refractivity contribution in [2.75, 3.05) is 23.7 Å². The molecule has 0 radical (unpaired) electrons. The predicted octanol–water partition coefficient (Wildman–Crippen LogP) is 3.95. The predicted molar refractivity (Wildman–Crippen MR) is 121 cm³/mol. The van der Waals surface area contributed by atoms with Crippen molar-refractivity contribution in [2.45, 2.75) is 18.9 Å². The number of nitrogens with zero attached hydrogens (tertiary/aromatic N) is 2. The fourth-order valence-corrected chi connectivity index (χ4v) is 5.15. The van der Waals surface area contributed by atoms with Gasteiger partial charge in [0.25, 0.3) is 11.5 Å². The van der Waals surface area contributed by atoms with Crippen molar-refractivity contribution in [3.8, 4) is 0 Å². The van der Waals surface area contributed by atoms with E-state index in [-0.39, 0.29) is 40.8 Å². The van der Waals surface area contributed by atoms with E-state index in [9.17, 15) is 18.8 Å². The third-order valence-electron chi connectivity index (χ3n) is 5.98. The van der Waals surface area contributed by atoms with Gasteiger partial charge in [-0.05, 0) is 60.2 Å². The average Bonchev–Trinajstić information content (AvgIpc) is 3.32. The molecule has 3 aromatic rings. The number of hydrogen-bond donors (Lipinski definition) is 2. The molecule has 0 saturated carbocycles. The Morgan fingerprint density at radius 2 is 1.81 bits per heavy atom. The summed E-state index contributed by atoms with van der Waals surface area (Å²) in [6.07, 6.45) is 0.903. The molecule has 4 heterocycles. The minimum absolute atomic E-state index is 0.0382. The number of carbonyl (C=O) groups is 2. The number of piperidine rings is 1. The maximum absolute atomic E-state index is 13.1. The monoisotopic (exact) mass is 452 g/mol. The lowest BCUT2D eigenvalue weighted by molar-refractivity contribution is 0.103. The van der Waals surface area contributed by atoms with Crippen molar-refractivity contribution in [1.82, 2.24) is 9.47 Å². The maximum atomic E-state index is 13.1. The Balaban J connectivity index is 1.33. The Kier molecular flexibility index (Phi) is 5.26. The minimum Gasteiger partial charge on any atom is -0.324 e. The van der Waals surface area contributed by atoms with Crippen LogP contribution in [0.2, 0.25) is 0 Å². The van der Waals surface area contributed by atoms with Gasteiger partial charge in [0.2, 0.25) is 0 Å². The summed E-state index contributed by atoms with van der Waals surface area (Å²) >= 11 is 1.32. The molecule has 2 aromatic heterocycles. The van der Waals surface area contributed by atoms with Gasteiger partial charge in [0.05, 0.1) is 4.88 Å². The van der Waals surface area contributed by atoms with Crippen molar-refractivity contribution in [3.05, 3.63) is 80.7 Å². The van der Waals surface area contributed by atoms with E-state index >= 15 is 0 Å². The van der Waals surface area contributed by atoms with Crippen LogP contribution in [-0.4, -0.2) is 34.5 Å². The van der Waals surface area contributed by atoms with E-state index in [0.29, 0.717) is 30.2 Å². The van der Waals surface area contributed by atoms with Crippen molar-refractivity contribution >= 4 is 34.6 Å². The first-order valence-electron chi connectivity index (χ1n) is 10.4. The molecule has 5 rings (SSSR count). The van der Waals surface area contributed by atoms with Crippen LogP contribution in [0.4, 0.5) is 20.6 Å². The van der Waals surface area contributed by atoms with Crippen LogP contribution >= 0.6 is 11.3 Å². The smallest absolute Gasteiger partial charge is 0.321 e. The Morgan fingerprint density at radius 3 is 2.56 bits per heavy atom. The number of likely N-dealkylation sites (tertiary alicyclic amines) is 1. The van der Waals surface area contributed by atoms with E-state index in [0.717, 1.165) is 12.1 Å². The molecule has 2 aliphatic heterocycles. The van der Waals surface area contributed by atoms with Crippen LogP contribution in [-0.2, 0) is 6.54 Å². The van der Waals surface area contributed by atoms with Crippen molar-refractivity contribution < 1.29 is 14.0 Å². The van der Waals surface area contributed by atoms with Gasteiger partial charge in [-0.2, -0.15) is 0 Å². The quantitative estimate of drug-likeness (QED) is 0.631. The Morgan fingerprint density at radius 1 is 1.00 bits per heavy atom. The molecule has 2 bridgehead atoms. The normalized spacial score (nSPS) is 19.2. The van der Waals surface area contributed by atoms with Gasteiger partial charge in [-0.1, -0.05) is 6.07 Å². The van der Waals surface area contributed by atoms with E-state index < -0.39 is 0 Å². The Bertz CT molecular complexity index is 1220. The lowest BCUT2D eigenvalue weighted by Crippen LogP contribution is -2.50. The summed E-state index contributed by atoms with van der Waals surface area (Å²) in [5, 5.41) is 7.35. The minimum atomic E-state index is -0.358. The molecule has 0 aliphatic carbocycles. The highest BCUT2D eigenvalue weighted by atomic mass is 32.1. The first-order chi connectivity index (χ1) is 15.5. The second-order valence-electron chi connectivity index (χ2n) is 8.16. The van der Waals surface area contributed by atoms with E-state index in [1.165, 1.54) is 35.6 Å². The highest BCUT2D eigenvalue weighted by Crippen LogP contribution is 2.35. The fraction of sp³-hybridized carbons (Fsp3) is 0.261. The van der Waals surface area contributed by atoms with Crippen LogP contribution in [0.15, 0.2) is 58.7 Å². The molecule has 9 heteroatoms. The van der Waals surface area contributed by atoms with Gasteiger partial charge in [0.1, 0.15) is 11.5 Å². The highest BCUT2D eigenvalue weighted by Gasteiger charge is 2.36. The molecule has 1 saturated heterocycles. The molecule has 1 fully saturated rings. The van der Waals surface area contributed by atoms with Gasteiger partial charge in [-0.15, -0.1) is 11.3 Å². The number of fused-ring (bicyclic) bond motifs is 4. The molecule has 2 aliphatic rings. The number of nitrogens with one attached hydrogen (secondary N) is 2. The molecule has 164 valence electrons. The zero-order valence-electron chi connectivity index (χ0n) is 17.1. The van der Waals surface area contributed by atoms with Gasteiger partial charge >= 0.3 is 6.03 Å². The molecule has 3 amide bonds. The number of pyridine rings is 1. The van der Waals surface area contributed by atoms with Gasteiger partial charge in [0, 0.05) is 36.9 Å². The zero-order chi connectivity index (χ0) is 22.2. The molecule has 2 atom stereocenters. The molecule has 0 unspecified atom stereocenters. The van der Waals surface area contributed by atoms with Crippen LogP contribution < -0.4 is 16.2 Å². The van der Waals surface area contributed by atoms with Crippen LogP contribution in [0.5, 0.6) is 0 Å². The lowest BCUT2D eigenvalue weighted by Gasteiger charge is -2.42. The summed E-state index contributed by atoms with van der Waals surface area (Å²) in [5.74, 6) is -0.474. The Labute approximate surface area is 187 Å². The maximum Gasteiger partial charge on any atom is 0.321 e. The third kappa shape index (κ3) is 3.91. The van der Waals surface area contributed by atoms with E-state index in [1.54, 1.807) is 27.7 Å². The van der Waals surface area contributed by atoms with Crippen molar-refractivity contribution in [1.29, 1.82) is 0 Å². The van der Waals surface area contributed by atoms with E-state index in [2.05, 4.69) is 10.6 Å². The number of thiophene rings is 1. The van der Waals surface area contributed by atoms with Gasteiger partial charge < -0.3 is 20.1 Å². The van der Waals surface area contributed by atoms with Gasteiger partial charge in [0.15, 0.2) is 0 Å². The van der Waals surface area contributed by atoms with Crippen molar-refractivity contribution in [2.24, 2.45) is 5.92 Å². The summed E-state index contributed by atoms with van der Waals surface area (Å²) in [6, 6.07) is 12.4. The molecular weight excluding hydrogens is 431 g/mol. The summed E-state index contributed by atoms with van der Waals surface area (Å²) in [6.45, 7) is 1.51. The first kappa shape index (κ1) is 20.4. The average molecular weight is 453 g/mol. The van der Waals surface area contributed by atoms with Crippen LogP contribution in [0.3, 0.4) is 0 Å². The number of carbonyl (C=O) groups excluding carboxylic acids is 2. The summed E-state index contributed by atoms with van der Waals surface area (Å²) in [4.78, 5) is 40.5. The molecule has 1 aromatic carbocycles. The largest absolute Gasteiger partial charge is 0.324 e. The molecule has 32 heavy (non-hydrogen) atoms. The standard InChI is InChI=1S/C23H21FN4O3S/c24-16-3-5-17(6-4-16)25-23(31)27-11-14-10-15(13-27)19-8-7-18(22(30)28(19)12-14)26-21(29)20-2-1-9-32-20/h1-9,14-15H,10-13H2,(H,25,31)(H,26,29)/t14-,15-/m1/s1. The van der Waals surface area contributed by atoms with E-state index in [4.69, 9.17) is 0 Å². The SMILES string of the molecule is O=C(Nc1ccc2n(c1=O)C[C@@H]1C[C@@H]2CN(C(=O)Nc2ccc(F)cc2)C1)c1cccs1. The fourth-order valence-electron chi connectivity index (χ4n) is 4.53. The number of urea groups is 1. The molecular formula is C23H21FN4O3S. The first-order valence-corrected chi connectivity index (χ1v) is 11.3. The number of benzene rings is 1. The second-order valence-corrected chi connectivity index (χ2v) is 9.11. The second kappa shape index (κ2) is 8.23. The molecule has 2 N–H and O–H groups in total. The Hall–Kier alpha value is -3.46. The van der Waals surface area contributed by atoms with Crippen LogP contribution in [0.25, 0.3) is 0 Å². The van der Waals surface area contributed by atoms with Gasteiger partial charge in [-0.25, -0.2) is 9.18 Å². The number of rotatable bonds is 3. The van der Waals surface area contributed by atoms with Gasteiger partial charge in [-0.3, -0.25) is 9.59 Å². The number of aromatic nitrogens is 1. The lowest BCUT2D eigenvalue weighted by atomic mass is 9.83. The van der Waals surface area contributed by atoms with Crippen LogP contribution in [0.1, 0.15) is 27.7 Å². The van der Waals surface area contributed by atoms with E-state index in [1.807, 2.05) is 11.4 Å². The molecule has 0 spiro atoms. The van der Waals surface area contributed by atoms with Crippen molar-refractivity contribution in [3.63, 3.8) is 0 Å². The van der Waals surface area contributed by atoms with Crippen LogP contribution in [0, 0.1) is 11.7 Å². The summed E-state index contributed by atoms with van der Waals surface area (Å²) < 4.78 is 14.8. The zero-order valence-corrected chi connectivity index (χ0v) is 17.9. The summed E-state index contributed by atoms with van der Waals surface area (Å²) in [7, 11) is 0. The summed E-state index contributed by atoms with van der Waals surface area (Å²) in [5.41, 5.74) is 1.46. The number of halogens is 1. The molecule has 7 nitrogen and oxygen atoms in total. The number of amides is 3. The highest BCUT2D eigenvalue weighted by molar-refractivity contribution is 7.12.